The molecule has 5 heteroatoms. The van der Waals surface area contributed by atoms with Gasteiger partial charge in [-0.25, -0.2) is 0 Å². The van der Waals surface area contributed by atoms with Crippen LogP contribution < -0.4 is 14.8 Å². The van der Waals surface area contributed by atoms with E-state index in [1.165, 1.54) is 0 Å². The first-order chi connectivity index (χ1) is 8.70. The van der Waals surface area contributed by atoms with Gasteiger partial charge in [0, 0.05) is 0 Å². The molecule has 0 fully saturated rings. The van der Waals surface area contributed by atoms with Gasteiger partial charge in [-0.1, -0.05) is 12.1 Å². The number of benzene rings is 1. The van der Waals surface area contributed by atoms with Crippen molar-refractivity contribution in [1.82, 2.24) is 5.32 Å². The lowest BCUT2D eigenvalue weighted by Crippen LogP contribution is -2.48. The zero-order valence-electron chi connectivity index (χ0n) is 10.1. The normalized spacial score (nSPS) is 18.6. The fraction of sp³-hybridized carbons (Fsp3) is 0.385. The zero-order valence-corrected chi connectivity index (χ0v) is 10.1. The number of nitrogens with zero attached hydrogens (tertiary/aromatic N) is 1. The Kier molecular flexibility index (Phi) is 3.68. The standard InChI is InChI=1S/C13H14N2O3/c1-9(15-13(16)6-7-14)12-8-17-10-4-2-3-5-11(10)18-12/h2-5,9,12H,6,8H2,1H3,(H,15,16)/t9-,12-/m1/s1. The summed E-state index contributed by atoms with van der Waals surface area (Å²) < 4.78 is 11.3. The van der Waals surface area contributed by atoms with Gasteiger partial charge in [-0.05, 0) is 19.1 Å². The summed E-state index contributed by atoms with van der Waals surface area (Å²) in [5.74, 6) is 1.09. The third kappa shape index (κ3) is 2.72. The van der Waals surface area contributed by atoms with Crippen LogP contribution in [0.3, 0.4) is 0 Å². The van der Waals surface area contributed by atoms with E-state index in [4.69, 9.17) is 14.7 Å². The molecule has 0 saturated heterocycles. The Balaban J connectivity index is 1.96. The van der Waals surface area contributed by atoms with Gasteiger partial charge in [-0.15, -0.1) is 0 Å². The van der Waals surface area contributed by atoms with Crippen LogP contribution in [-0.4, -0.2) is 24.7 Å². The van der Waals surface area contributed by atoms with Crippen LogP contribution >= 0.6 is 0 Å². The van der Waals surface area contributed by atoms with Crippen molar-refractivity contribution < 1.29 is 14.3 Å². The number of fused-ring (bicyclic) bond motifs is 1. The summed E-state index contributed by atoms with van der Waals surface area (Å²) in [4.78, 5) is 11.3. The lowest BCUT2D eigenvalue weighted by molar-refractivity contribution is -0.121. The summed E-state index contributed by atoms with van der Waals surface area (Å²) in [6, 6.07) is 9.00. The number of para-hydroxylation sites is 2. The molecule has 0 spiro atoms. The second-order valence-electron chi connectivity index (χ2n) is 4.11. The maximum Gasteiger partial charge on any atom is 0.234 e. The highest BCUT2D eigenvalue weighted by atomic mass is 16.6. The molecule has 1 aliphatic heterocycles. The van der Waals surface area contributed by atoms with Gasteiger partial charge in [0.05, 0.1) is 12.1 Å². The molecule has 2 rings (SSSR count). The molecular formula is C13H14N2O3. The molecule has 0 saturated carbocycles. The summed E-state index contributed by atoms with van der Waals surface area (Å²) in [6.07, 6.45) is -0.392. The van der Waals surface area contributed by atoms with Crippen LogP contribution in [0.4, 0.5) is 0 Å². The van der Waals surface area contributed by atoms with Crippen molar-refractivity contribution >= 4 is 5.91 Å². The number of amides is 1. The van der Waals surface area contributed by atoms with Crippen molar-refractivity contribution in [2.75, 3.05) is 6.61 Å². The van der Waals surface area contributed by atoms with Crippen molar-refractivity contribution in [3.8, 4) is 17.6 Å². The van der Waals surface area contributed by atoms with Crippen molar-refractivity contribution in [1.29, 1.82) is 5.26 Å². The van der Waals surface area contributed by atoms with Crippen molar-refractivity contribution in [3.05, 3.63) is 24.3 Å². The second kappa shape index (κ2) is 5.41. The van der Waals surface area contributed by atoms with Crippen molar-refractivity contribution in [2.45, 2.75) is 25.5 Å². The first-order valence-corrected chi connectivity index (χ1v) is 5.75. The Bertz CT molecular complexity index is 481. The largest absolute Gasteiger partial charge is 0.486 e. The van der Waals surface area contributed by atoms with Gasteiger partial charge in [0.1, 0.15) is 13.0 Å². The summed E-state index contributed by atoms with van der Waals surface area (Å²) >= 11 is 0. The molecule has 1 amide bonds. The third-order valence-corrected chi connectivity index (χ3v) is 2.72. The molecule has 1 aromatic carbocycles. The predicted octanol–water partition coefficient (Wildman–Crippen LogP) is 1.24. The summed E-state index contributed by atoms with van der Waals surface area (Å²) in [5, 5.41) is 11.1. The molecule has 0 radical (unpaired) electrons. The molecule has 0 bridgehead atoms. The lowest BCUT2D eigenvalue weighted by atomic mass is 10.1. The van der Waals surface area contributed by atoms with Gasteiger partial charge in [-0.2, -0.15) is 5.26 Å². The number of hydrogen-bond donors (Lipinski definition) is 1. The number of hydrogen-bond acceptors (Lipinski definition) is 4. The molecule has 1 aliphatic rings. The van der Waals surface area contributed by atoms with E-state index in [2.05, 4.69) is 5.32 Å². The molecule has 1 N–H and O–H groups in total. The monoisotopic (exact) mass is 246 g/mol. The lowest BCUT2D eigenvalue weighted by Gasteiger charge is -2.30. The number of nitriles is 1. The van der Waals surface area contributed by atoms with Gasteiger partial charge in [-0.3, -0.25) is 4.79 Å². The SMILES string of the molecule is C[C@@H](NC(=O)CC#N)[C@H]1COc2ccccc2O1. The quantitative estimate of drug-likeness (QED) is 0.871. The molecule has 1 aromatic rings. The molecular weight excluding hydrogens is 232 g/mol. The zero-order chi connectivity index (χ0) is 13.0. The number of carbonyl (C=O) groups excluding carboxylic acids is 1. The number of rotatable bonds is 3. The molecule has 18 heavy (non-hydrogen) atoms. The summed E-state index contributed by atoms with van der Waals surface area (Å²) in [6.45, 7) is 2.21. The second-order valence-corrected chi connectivity index (χ2v) is 4.11. The van der Waals surface area contributed by atoms with E-state index in [0.29, 0.717) is 18.1 Å². The Morgan fingerprint density at radius 2 is 2.28 bits per heavy atom. The van der Waals surface area contributed by atoms with E-state index in [0.717, 1.165) is 0 Å². The highest BCUT2D eigenvalue weighted by Crippen LogP contribution is 2.31. The van der Waals surface area contributed by atoms with Crippen LogP contribution in [0.25, 0.3) is 0 Å². The number of carbonyl (C=O) groups is 1. The topological polar surface area (TPSA) is 71.4 Å². The maximum absolute atomic E-state index is 11.3. The fourth-order valence-electron chi connectivity index (χ4n) is 1.75. The summed E-state index contributed by atoms with van der Waals surface area (Å²) in [5.41, 5.74) is 0. The smallest absolute Gasteiger partial charge is 0.234 e. The third-order valence-electron chi connectivity index (χ3n) is 2.72. The Hall–Kier alpha value is -2.22. The van der Waals surface area contributed by atoms with E-state index >= 15 is 0 Å². The number of nitrogens with one attached hydrogen (secondary N) is 1. The van der Waals surface area contributed by atoms with Crippen LogP contribution in [0, 0.1) is 11.3 Å². The fourth-order valence-corrected chi connectivity index (χ4v) is 1.75. The van der Waals surface area contributed by atoms with Gasteiger partial charge < -0.3 is 14.8 Å². The molecule has 94 valence electrons. The predicted molar refractivity (Wildman–Crippen MR) is 64.2 cm³/mol. The molecule has 1 heterocycles. The van der Waals surface area contributed by atoms with E-state index in [1.54, 1.807) is 0 Å². The average molecular weight is 246 g/mol. The van der Waals surface area contributed by atoms with Crippen LogP contribution in [0.15, 0.2) is 24.3 Å². The van der Waals surface area contributed by atoms with E-state index in [-0.39, 0.29) is 24.5 Å². The minimum atomic E-state index is -0.299. The molecule has 2 atom stereocenters. The van der Waals surface area contributed by atoms with E-state index < -0.39 is 0 Å². The average Bonchev–Trinajstić information content (AvgIpc) is 2.38. The Morgan fingerprint density at radius 1 is 1.56 bits per heavy atom. The first kappa shape index (κ1) is 12.2. The van der Waals surface area contributed by atoms with Crippen LogP contribution in [0.5, 0.6) is 11.5 Å². The van der Waals surface area contributed by atoms with Crippen molar-refractivity contribution in [3.63, 3.8) is 0 Å². The van der Waals surface area contributed by atoms with Crippen LogP contribution in [0.2, 0.25) is 0 Å². The van der Waals surface area contributed by atoms with Gasteiger partial charge >= 0.3 is 0 Å². The summed E-state index contributed by atoms with van der Waals surface area (Å²) in [7, 11) is 0. The van der Waals surface area contributed by atoms with Gasteiger partial charge in [0.25, 0.3) is 0 Å². The van der Waals surface area contributed by atoms with Crippen LogP contribution in [-0.2, 0) is 4.79 Å². The minimum Gasteiger partial charge on any atom is -0.486 e. The van der Waals surface area contributed by atoms with Gasteiger partial charge in [0.15, 0.2) is 17.6 Å². The van der Waals surface area contributed by atoms with E-state index in [1.807, 2.05) is 37.3 Å². The number of ether oxygens (including phenoxy) is 2. The highest BCUT2D eigenvalue weighted by molar-refractivity contribution is 5.78. The van der Waals surface area contributed by atoms with E-state index in [9.17, 15) is 4.79 Å². The van der Waals surface area contributed by atoms with Gasteiger partial charge in [0.2, 0.25) is 5.91 Å². The molecule has 0 aliphatic carbocycles. The Morgan fingerprint density at radius 3 is 3.00 bits per heavy atom. The van der Waals surface area contributed by atoms with Crippen molar-refractivity contribution in [2.24, 2.45) is 0 Å². The molecule has 0 aromatic heterocycles. The molecule has 0 unspecified atom stereocenters. The maximum atomic E-state index is 11.3. The molecule has 5 nitrogen and oxygen atoms in total. The Labute approximate surface area is 105 Å². The first-order valence-electron chi connectivity index (χ1n) is 5.75. The minimum absolute atomic E-state index is 0.144. The van der Waals surface area contributed by atoms with Crippen LogP contribution in [0.1, 0.15) is 13.3 Å². The highest BCUT2D eigenvalue weighted by Gasteiger charge is 2.26.